The number of nitrogens with one attached hydrogen (secondary N) is 2. The smallest absolute Gasteiger partial charge is 0.439 e. The number of hydrogen-bond acceptors (Lipinski definition) is 3. The lowest BCUT2D eigenvalue weighted by Gasteiger charge is -2.38. The molecule has 5 nitrogen and oxygen atoms in total. The fourth-order valence-corrected chi connectivity index (χ4v) is 2.29. The Morgan fingerprint density at radius 1 is 0.724 bits per heavy atom. The van der Waals surface area contributed by atoms with Gasteiger partial charge in [0.1, 0.15) is 5.75 Å². The first-order valence-electron chi connectivity index (χ1n) is 7.89. The van der Waals surface area contributed by atoms with Crippen molar-refractivity contribution in [1.29, 1.82) is 0 Å². The maximum absolute atomic E-state index is 13.6. The van der Waals surface area contributed by atoms with E-state index in [-0.39, 0.29) is 5.75 Å². The summed E-state index contributed by atoms with van der Waals surface area (Å²) in [6.07, 6.45) is -12.2. The summed E-state index contributed by atoms with van der Waals surface area (Å²) in [6, 6.07) is 10.3. The van der Waals surface area contributed by atoms with E-state index in [1.807, 2.05) is 0 Å². The van der Waals surface area contributed by atoms with E-state index in [4.69, 9.17) is 4.74 Å². The van der Waals surface area contributed by atoms with Crippen LogP contribution in [0.25, 0.3) is 0 Å². The van der Waals surface area contributed by atoms with Gasteiger partial charge in [0.05, 0.1) is 7.11 Å². The second-order valence-corrected chi connectivity index (χ2v) is 5.75. The molecule has 156 valence electrons. The van der Waals surface area contributed by atoms with Gasteiger partial charge < -0.3 is 15.4 Å². The molecular formula is C18H14F6N2O3. The average Bonchev–Trinajstić information content (AvgIpc) is 2.66. The Morgan fingerprint density at radius 2 is 1.14 bits per heavy atom. The summed E-state index contributed by atoms with van der Waals surface area (Å²) < 4.78 is 86.2. The molecule has 0 aliphatic heterocycles. The highest BCUT2D eigenvalue weighted by molar-refractivity contribution is 5.97. The molecule has 0 fully saturated rings. The number of alkyl halides is 6. The van der Waals surface area contributed by atoms with Crippen LogP contribution in [0.5, 0.6) is 5.75 Å². The molecule has 0 bridgehead atoms. The predicted molar refractivity (Wildman–Crippen MR) is 89.2 cm³/mol. The molecule has 11 heteroatoms. The van der Waals surface area contributed by atoms with Crippen molar-refractivity contribution in [2.24, 2.45) is 0 Å². The van der Waals surface area contributed by atoms with Gasteiger partial charge in [0.15, 0.2) is 0 Å². The Balaban J connectivity index is 2.45. The van der Waals surface area contributed by atoms with Gasteiger partial charge in [-0.3, -0.25) is 9.59 Å². The van der Waals surface area contributed by atoms with E-state index in [2.05, 4.69) is 0 Å². The number of methoxy groups -OCH3 is 1. The van der Waals surface area contributed by atoms with E-state index in [1.54, 1.807) is 0 Å². The minimum Gasteiger partial charge on any atom is -0.497 e. The third kappa shape index (κ3) is 4.61. The van der Waals surface area contributed by atoms with Gasteiger partial charge in [0.2, 0.25) is 0 Å². The van der Waals surface area contributed by atoms with Gasteiger partial charge in [-0.15, -0.1) is 0 Å². The van der Waals surface area contributed by atoms with Gasteiger partial charge in [-0.1, -0.05) is 18.2 Å². The molecule has 0 saturated carbocycles. The Morgan fingerprint density at radius 3 is 1.52 bits per heavy atom. The first-order chi connectivity index (χ1) is 13.4. The van der Waals surface area contributed by atoms with Crippen LogP contribution >= 0.6 is 0 Å². The largest absolute Gasteiger partial charge is 0.497 e. The second-order valence-electron chi connectivity index (χ2n) is 5.75. The molecule has 0 atom stereocenters. The predicted octanol–water partition coefficient (Wildman–Crippen LogP) is 3.68. The quantitative estimate of drug-likeness (QED) is 0.573. The lowest BCUT2D eigenvalue weighted by atomic mass is 10.1. The van der Waals surface area contributed by atoms with Crippen LogP contribution in [0, 0.1) is 0 Å². The number of rotatable bonds is 5. The van der Waals surface area contributed by atoms with Crippen molar-refractivity contribution in [1.82, 2.24) is 10.6 Å². The fourth-order valence-electron chi connectivity index (χ4n) is 2.29. The van der Waals surface area contributed by atoms with E-state index in [1.165, 1.54) is 37.4 Å². The normalized spacial score (nSPS) is 12.2. The van der Waals surface area contributed by atoms with Crippen molar-refractivity contribution in [3.8, 4) is 5.75 Å². The Hall–Kier alpha value is -3.24. The summed E-state index contributed by atoms with van der Waals surface area (Å²) in [4.78, 5) is 24.2. The third-order valence-corrected chi connectivity index (χ3v) is 3.84. The zero-order chi connectivity index (χ0) is 21.9. The van der Waals surface area contributed by atoms with E-state index in [0.717, 1.165) is 34.9 Å². The topological polar surface area (TPSA) is 67.4 Å². The van der Waals surface area contributed by atoms with Gasteiger partial charge in [0.25, 0.3) is 11.8 Å². The van der Waals surface area contributed by atoms with Crippen molar-refractivity contribution in [2.45, 2.75) is 18.0 Å². The third-order valence-electron chi connectivity index (χ3n) is 3.84. The van der Waals surface area contributed by atoms with Gasteiger partial charge in [0, 0.05) is 11.1 Å². The van der Waals surface area contributed by atoms with Crippen molar-refractivity contribution in [3.05, 3.63) is 65.7 Å². The molecule has 0 aromatic heterocycles. The summed E-state index contributed by atoms with van der Waals surface area (Å²) >= 11 is 0. The van der Waals surface area contributed by atoms with Gasteiger partial charge in [-0.05, 0) is 36.4 Å². The van der Waals surface area contributed by atoms with Crippen LogP contribution in [0.4, 0.5) is 26.3 Å². The first-order valence-corrected chi connectivity index (χ1v) is 7.89. The number of halogens is 6. The first kappa shape index (κ1) is 22.1. The SMILES string of the molecule is COc1ccc(C(=O)NC(NC(=O)c2ccccc2)(C(F)(F)F)C(F)(F)F)cc1. The fraction of sp³-hybridized carbons (Fsp3) is 0.222. The van der Waals surface area contributed by atoms with E-state index >= 15 is 0 Å². The van der Waals surface area contributed by atoms with Crippen molar-refractivity contribution in [2.75, 3.05) is 7.11 Å². The molecule has 0 heterocycles. The highest BCUT2D eigenvalue weighted by Crippen LogP contribution is 2.41. The molecule has 0 spiro atoms. The molecule has 2 N–H and O–H groups in total. The van der Waals surface area contributed by atoms with Crippen LogP contribution in [0.3, 0.4) is 0 Å². The number of amides is 2. The summed E-state index contributed by atoms with van der Waals surface area (Å²) in [5, 5.41) is 1.81. The molecule has 0 radical (unpaired) electrons. The van der Waals surface area contributed by atoms with Crippen LogP contribution in [0.2, 0.25) is 0 Å². The maximum atomic E-state index is 13.6. The lowest BCUT2D eigenvalue weighted by molar-refractivity contribution is -0.310. The number of ether oxygens (including phenoxy) is 1. The summed E-state index contributed by atoms with van der Waals surface area (Å²) in [5.74, 6) is -3.14. The molecule has 2 aromatic rings. The maximum Gasteiger partial charge on any atom is 0.439 e. The summed E-state index contributed by atoms with van der Waals surface area (Å²) in [7, 11) is 1.28. The van der Waals surface area contributed by atoms with Gasteiger partial charge in [-0.25, -0.2) is 0 Å². The van der Waals surface area contributed by atoms with Crippen molar-refractivity contribution >= 4 is 11.8 Å². The molecule has 0 aliphatic rings. The zero-order valence-electron chi connectivity index (χ0n) is 14.7. The van der Waals surface area contributed by atoms with E-state index < -0.39 is 41.0 Å². The minimum absolute atomic E-state index is 0.233. The number of hydrogen-bond donors (Lipinski definition) is 2. The van der Waals surface area contributed by atoms with Gasteiger partial charge in [-0.2, -0.15) is 26.3 Å². The highest BCUT2D eigenvalue weighted by Gasteiger charge is 2.73. The molecule has 2 rings (SSSR count). The minimum atomic E-state index is -6.10. The average molecular weight is 420 g/mol. The van der Waals surface area contributed by atoms with Crippen molar-refractivity contribution < 1.29 is 40.7 Å². The molecule has 0 aliphatic carbocycles. The van der Waals surface area contributed by atoms with E-state index in [9.17, 15) is 35.9 Å². The summed E-state index contributed by atoms with van der Waals surface area (Å²) in [6.45, 7) is 0. The zero-order valence-corrected chi connectivity index (χ0v) is 14.7. The number of benzene rings is 2. The highest BCUT2D eigenvalue weighted by atomic mass is 19.4. The van der Waals surface area contributed by atoms with Gasteiger partial charge >= 0.3 is 18.0 Å². The van der Waals surface area contributed by atoms with Crippen LogP contribution in [0.1, 0.15) is 20.7 Å². The molecule has 2 amide bonds. The summed E-state index contributed by atoms with van der Waals surface area (Å²) in [5.41, 5.74) is -5.97. The van der Waals surface area contributed by atoms with Crippen molar-refractivity contribution in [3.63, 3.8) is 0 Å². The number of carbonyl (C=O) groups is 2. The van der Waals surface area contributed by atoms with Crippen LogP contribution in [-0.2, 0) is 0 Å². The Bertz CT molecular complexity index is 850. The molecular weight excluding hydrogens is 406 g/mol. The molecule has 0 saturated heterocycles. The molecule has 2 aromatic carbocycles. The molecule has 29 heavy (non-hydrogen) atoms. The lowest BCUT2D eigenvalue weighted by Crippen LogP contribution is -2.76. The Labute approximate surface area is 160 Å². The van der Waals surface area contributed by atoms with Crippen LogP contribution < -0.4 is 15.4 Å². The Kier molecular flexibility index (Phi) is 6.10. The standard InChI is InChI=1S/C18H14F6N2O3/c1-29-13-9-7-12(8-10-13)15(28)26-16(17(19,20)21,18(22,23)24)25-14(27)11-5-3-2-4-6-11/h2-10H,1H3,(H,25,27)(H,26,28). The molecule has 0 unspecified atom stereocenters. The number of carbonyl (C=O) groups excluding carboxylic acids is 2. The second kappa shape index (κ2) is 8.02. The monoisotopic (exact) mass is 420 g/mol. The van der Waals surface area contributed by atoms with E-state index in [0.29, 0.717) is 0 Å². The van der Waals surface area contributed by atoms with Crippen LogP contribution in [-0.4, -0.2) is 36.9 Å². The van der Waals surface area contributed by atoms with Crippen LogP contribution in [0.15, 0.2) is 54.6 Å².